The summed E-state index contributed by atoms with van der Waals surface area (Å²) >= 11 is 0. The number of aryl methyl sites for hydroxylation is 1. The van der Waals surface area contributed by atoms with Crippen molar-refractivity contribution in [3.8, 4) is 0 Å². The molecule has 1 aromatic rings. The zero-order chi connectivity index (χ0) is 12.8. The fourth-order valence-corrected chi connectivity index (χ4v) is 2.28. The highest BCUT2D eigenvalue weighted by Gasteiger charge is 2.16. The molecule has 102 valence electrons. The molecule has 1 aliphatic rings. The molecule has 2 rings (SSSR count). The Balaban J connectivity index is 1.68. The molecular formula is C15H25NO2. The van der Waals surface area contributed by atoms with Crippen LogP contribution in [0.4, 0.5) is 0 Å². The molecule has 0 radical (unpaired) electrons. The minimum absolute atomic E-state index is 0.611. The number of rotatable bonds is 8. The molecule has 1 heterocycles. The standard InChI is InChI=1S/C15H25NO2/c1-3-16-10-15-12(2)9-14(18-15)11-17-8-7-13-5-4-6-13/h9,13,16H,3-8,10-11H2,1-2H3. The van der Waals surface area contributed by atoms with E-state index in [1.165, 1.54) is 31.2 Å². The van der Waals surface area contributed by atoms with Crippen molar-refractivity contribution in [3.63, 3.8) is 0 Å². The lowest BCUT2D eigenvalue weighted by Crippen LogP contribution is -2.13. The molecule has 0 aromatic carbocycles. The summed E-state index contributed by atoms with van der Waals surface area (Å²) in [6.07, 6.45) is 5.42. The molecule has 18 heavy (non-hydrogen) atoms. The van der Waals surface area contributed by atoms with Crippen LogP contribution >= 0.6 is 0 Å². The van der Waals surface area contributed by atoms with Crippen LogP contribution in [0.5, 0.6) is 0 Å². The molecule has 0 amide bonds. The highest BCUT2D eigenvalue weighted by atomic mass is 16.5. The first kappa shape index (κ1) is 13.6. The summed E-state index contributed by atoms with van der Waals surface area (Å²) in [7, 11) is 0. The highest BCUT2D eigenvalue weighted by molar-refractivity contribution is 5.19. The summed E-state index contributed by atoms with van der Waals surface area (Å²) in [5.41, 5.74) is 1.22. The van der Waals surface area contributed by atoms with Crippen LogP contribution in [0.2, 0.25) is 0 Å². The molecule has 0 bridgehead atoms. The summed E-state index contributed by atoms with van der Waals surface area (Å²) < 4.78 is 11.5. The molecule has 1 N–H and O–H groups in total. The van der Waals surface area contributed by atoms with Crippen LogP contribution in [0.3, 0.4) is 0 Å². The summed E-state index contributed by atoms with van der Waals surface area (Å²) in [5.74, 6) is 2.91. The monoisotopic (exact) mass is 251 g/mol. The summed E-state index contributed by atoms with van der Waals surface area (Å²) in [6.45, 7) is 7.45. The van der Waals surface area contributed by atoms with Crippen LogP contribution in [-0.4, -0.2) is 13.2 Å². The van der Waals surface area contributed by atoms with E-state index in [2.05, 4.69) is 25.2 Å². The molecule has 3 nitrogen and oxygen atoms in total. The van der Waals surface area contributed by atoms with E-state index in [1.54, 1.807) is 0 Å². The Morgan fingerprint density at radius 2 is 2.28 bits per heavy atom. The van der Waals surface area contributed by atoms with Gasteiger partial charge < -0.3 is 14.5 Å². The quantitative estimate of drug-likeness (QED) is 0.719. The Morgan fingerprint density at radius 1 is 1.44 bits per heavy atom. The zero-order valence-electron chi connectivity index (χ0n) is 11.6. The number of ether oxygens (including phenoxy) is 1. The number of hydrogen-bond donors (Lipinski definition) is 1. The third-order valence-corrected chi connectivity index (χ3v) is 3.75. The molecule has 1 fully saturated rings. The molecule has 0 atom stereocenters. The lowest BCUT2D eigenvalue weighted by atomic mass is 9.83. The van der Waals surface area contributed by atoms with Crippen LogP contribution < -0.4 is 5.32 Å². The predicted molar refractivity (Wildman–Crippen MR) is 72.4 cm³/mol. The lowest BCUT2D eigenvalue weighted by Gasteiger charge is -2.24. The van der Waals surface area contributed by atoms with Gasteiger partial charge in [-0.1, -0.05) is 26.2 Å². The number of nitrogens with one attached hydrogen (secondary N) is 1. The van der Waals surface area contributed by atoms with Gasteiger partial charge in [-0.15, -0.1) is 0 Å². The Kier molecular flexibility index (Phi) is 5.26. The number of furan rings is 1. The van der Waals surface area contributed by atoms with Crippen molar-refractivity contribution in [2.24, 2.45) is 5.92 Å². The fraction of sp³-hybridized carbons (Fsp3) is 0.733. The first-order valence-electron chi connectivity index (χ1n) is 7.16. The molecular weight excluding hydrogens is 226 g/mol. The SMILES string of the molecule is CCNCc1oc(COCCC2CCC2)cc1C. The van der Waals surface area contributed by atoms with Crippen molar-refractivity contribution in [2.75, 3.05) is 13.2 Å². The van der Waals surface area contributed by atoms with Gasteiger partial charge in [-0.25, -0.2) is 0 Å². The van der Waals surface area contributed by atoms with Gasteiger partial charge in [0.15, 0.2) is 0 Å². The summed E-state index contributed by atoms with van der Waals surface area (Å²) in [4.78, 5) is 0. The van der Waals surface area contributed by atoms with Crippen LogP contribution in [-0.2, 0) is 17.9 Å². The average molecular weight is 251 g/mol. The van der Waals surface area contributed by atoms with Crippen LogP contribution in [0.15, 0.2) is 10.5 Å². The second-order valence-electron chi connectivity index (χ2n) is 5.24. The first-order chi connectivity index (χ1) is 8.79. The summed E-state index contributed by atoms with van der Waals surface area (Å²) in [5, 5.41) is 3.28. The third-order valence-electron chi connectivity index (χ3n) is 3.75. The van der Waals surface area contributed by atoms with Crippen molar-refractivity contribution in [1.82, 2.24) is 5.32 Å². The van der Waals surface area contributed by atoms with E-state index in [1.807, 2.05) is 0 Å². The van der Waals surface area contributed by atoms with Gasteiger partial charge in [-0.3, -0.25) is 0 Å². The topological polar surface area (TPSA) is 34.4 Å². The van der Waals surface area contributed by atoms with Crippen molar-refractivity contribution in [1.29, 1.82) is 0 Å². The average Bonchev–Trinajstić information content (AvgIpc) is 2.64. The van der Waals surface area contributed by atoms with E-state index >= 15 is 0 Å². The van der Waals surface area contributed by atoms with Gasteiger partial charge in [0.05, 0.1) is 6.54 Å². The molecule has 0 unspecified atom stereocenters. The van der Waals surface area contributed by atoms with E-state index in [9.17, 15) is 0 Å². The van der Waals surface area contributed by atoms with Crippen LogP contribution in [0.1, 0.15) is 49.7 Å². The Hall–Kier alpha value is -0.800. The van der Waals surface area contributed by atoms with Gasteiger partial charge in [0.25, 0.3) is 0 Å². The lowest BCUT2D eigenvalue weighted by molar-refractivity contribution is 0.0829. The Labute approximate surface area is 110 Å². The molecule has 0 spiro atoms. The van der Waals surface area contributed by atoms with Gasteiger partial charge in [0.1, 0.15) is 18.1 Å². The maximum Gasteiger partial charge on any atom is 0.130 e. The van der Waals surface area contributed by atoms with Crippen molar-refractivity contribution >= 4 is 0 Å². The highest BCUT2D eigenvalue weighted by Crippen LogP contribution is 2.29. The van der Waals surface area contributed by atoms with E-state index in [4.69, 9.17) is 9.15 Å². The first-order valence-corrected chi connectivity index (χ1v) is 7.16. The van der Waals surface area contributed by atoms with E-state index in [0.29, 0.717) is 6.61 Å². The van der Waals surface area contributed by atoms with Crippen molar-refractivity contribution in [2.45, 2.75) is 52.7 Å². The van der Waals surface area contributed by atoms with Gasteiger partial charge >= 0.3 is 0 Å². The van der Waals surface area contributed by atoms with Crippen molar-refractivity contribution in [3.05, 3.63) is 23.2 Å². The second-order valence-corrected chi connectivity index (χ2v) is 5.24. The maximum atomic E-state index is 5.78. The van der Waals surface area contributed by atoms with E-state index in [-0.39, 0.29) is 0 Å². The Bertz CT molecular complexity index is 355. The van der Waals surface area contributed by atoms with Crippen LogP contribution in [0, 0.1) is 12.8 Å². The zero-order valence-corrected chi connectivity index (χ0v) is 11.6. The minimum Gasteiger partial charge on any atom is -0.462 e. The fourth-order valence-electron chi connectivity index (χ4n) is 2.28. The molecule has 1 saturated carbocycles. The van der Waals surface area contributed by atoms with Crippen LogP contribution in [0.25, 0.3) is 0 Å². The molecule has 0 saturated heterocycles. The molecule has 0 aliphatic heterocycles. The van der Waals surface area contributed by atoms with Gasteiger partial charge in [0, 0.05) is 6.61 Å². The molecule has 3 heteroatoms. The summed E-state index contributed by atoms with van der Waals surface area (Å²) in [6, 6.07) is 2.09. The Morgan fingerprint density at radius 3 is 2.94 bits per heavy atom. The third kappa shape index (κ3) is 3.85. The van der Waals surface area contributed by atoms with E-state index < -0.39 is 0 Å². The number of hydrogen-bond acceptors (Lipinski definition) is 3. The van der Waals surface area contributed by atoms with Crippen molar-refractivity contribution < 1.29 is 9.15 Å². The smallest absolute Gasteiger partial charge is 0.130 e. The van der Waals surface area contributed by atoms with Gasteiger partial charge in [-0.2, -0.15) is 0 Å². The largest absolute Gasteiger partial charge is 0.462 e. The predicted octanol–water partition coefficient (Wildman–Crippen LogP) is 3.40. The molecule has 1 aliphatic carbocycles. The van der Waals surface area contributed by atoms with Gasteiger partial charge in [0.2, 0.25) is 0 Å². The molecule has 1 aromatic heterocycles. The minimum atomic E-state index is 0.611. The van der Waals surface area contributed by atoms with Gasteiger partial charge in [-0.05, 0) is 37.4 Å². The normalized spacial score (nSPS) is 15.9. The van der Waals surface area contributed by atoms with E-state index in [0.717, 1.165) is 37.1 Å². The maximum absolute atomic E-state index is 5.78. The second kappa shape index (κ2) is 6.95.